The third-order valence-corrected chi connectivity index (χ3v) is 5.06. The molecule has 0 aromatic heterocycles. The molecule has 0 amide bonds. The maximum Gasteiger partial charge on any atom is 0.156 e. The average molecular weight is 231 g/mol. The van der Waals surface area contributed by atoms with E-state index in [1.165, 1.54) is 5.57 Å². The van der Waals surface area contributed by atoms with Gasteiger partial charge in [0.1, 0.15) is 0 Å². The number of hydrogen-bond acceptors (Lipinski definition) is 3. The molecule has 0 bridgehead atoms. The Morgan fingerprint density at radius 1 is 1.40 bits per heavy atom. The first-order chi connectivity index (χ1) is 6.92. The summed E-state index contributed by atoms with van der Waals surface area (Å²) in [5.74, 6) is 0.190. The van der Waals surface area contributed by atoms with Gasteiger partial charge in [-0.05, 0) is 39.5 Å². The monoisotopic (exact) mass is 231 g/mol. The van der Waals surface area contributed by atoms with E-state index in [1.54, 1.807) is 13.8 Å². The molecular weight excluding hydrogens is 210 g/mol. The zero-order valence-corrected chi connectivity index (χ0v) is 10.4. The molecule has 0 aliphatic heterocycles. The highest BCUT2D eigenvalue weighted by Gasteiger charge is 2.16. The van der Waals surface area contributed by atoms with Crippen LogP contribution in [-0.4, -0.2) is 25.5 Å². The third kappa shape index (κ3) is 3.95. The fourth-order valence-corrected chi connectivity index (χ4v) is 2.49. The predicted octanol–water partition coefficient (Wildman–Crippen LogP) is 1.64. The maximum absolute atomic E-state index is 11.6. The summed E-state index contributed by atoms with van der Waals surface area (Å²) in [5, 5.41) is -0.278. The van der Waals surface area contributed by atoms with Crippen molar-refractivity contribution < 1.29 is 8.42 Å². The van der Waals surface area contributed by atoms with E-state index in [0.717, 1.165) is 25.7 Å². The lowest BCUT2D eigenvalue weighted by molar-refractivity contribution is 0.511. The van der Waals surface area contributed by atoms with Gasteiger partial charge in [0.2, 0.25) is 0 Å². The van der Waals surface area contributed by atoms with E-state index in [4.69, 9.17) is 5.73 Å². The minimum Gasteiger partial charge on any atom is -0.328 e. The number of sulfone groups is 1. The number of rotatable bonds is 3. The lowest BCUT2D eigenvalue weighted by Gasteiger charge is -2.20. The molecule has 1 fully saturated rings. The van der Waals surface area contributed by atoms with Gasteiger partial charge in [-0.25, -0.2) is 8.42 Å². The van der Waals surface area contributed by atoms with Crippen LogP contribution >= 0.6 is 0 Å². The van der Waals surface area contributed by atoms with E-state index in [1.807, 2.05) is 6.08 Å². The fourth-order valence-electron chi connectivity index (χ4n) is 1.64. The van der Waals surface area contributed by atoms with Crippen LogP contribution in [0.25, 0.3) is 0 Å². The molecule has 0 atom stereocenters. The summed E-state index contributed by atoms with van der Waals surface area (Å²) in [6.45, 7) is 3.45. The van der Waals surface area contributed by atoms with E-state index >= 15 is 0 Å². The van der Waals surface area contributed by atoms with Crippen molar-refractivity contribution in [2.45, 2.75) is 50.8 Å². The molecule has 1 rings (SSSR count). The molecule has 0 spiro atoms. The average Bonchev–Trinajstić information content (AvgIpc) is 2.17. The molecular formula is C11H21NO2S. The SMILES string of the molecule is CC(C)S(=O)(=O)CC=C1CCC(N)CC1. The largest absolute Gasteiger partial charge is 0.328 e. The maximum atomic E-state index is 11.6. The van der Waals surface area contributed by atoms with Crippen molar-refractivity contribution in [2.24, 2.45) is 5.73 Å². The van der Waals surface area contributed by atoms with Crippen LogP contribution in [-0.2, 0) is 9.84 Å². The van der Waals surface area contributed by atoms with E-state index in [0.29, 0.717) is 6.04 Å². The molecule has 3 nitrogen and oxygen atoms in total. The van der Waals surface area contributed by atoms with Gasteiger partial charge in [0.05, 0.1) is 11.0 Å². The van der Waals surface area contributed by atoms with Crippen molar-refractivity contribution in [3.05, 3.63) is 11.6 Å². The molecule has 4 heteroatoms. The normalized spacial score (nSPS) is 23.2. The van der Waals surface area contributed by atoms with Gasteiger partial charge in [0.15, 0.2) is 9.84 Å². The molecule has 0 aromatic rings. The van der Waals surface area contributed by atoms with E-state index in [-0.39, 0.29) is 11.0 Å². The molecule has 0 radical (unpaired) electrons. The molecule has 0 aromatic carbocycles. The van der Waals surface area contributed by atoms with Crippen LogP contribution in [0.3, 0.4) is 0 Å². The minimum atomic E-state index is -2.92. The smallest absolute Gasteiger partial charge is 0.156 e. The van der Waals surface area contributed by atoms with Crippen molar-refractivity contribution in [1.82, 2.24) is 0 Å². The van der Waals surface area contributed by atoms with Crippen LogP contribution in [0.1, 0.15) is 39.5 Å². The Bertz CT molecular complexity index is 320. The molecule has 2 N–H and O–H groups in total. The Morgan fingerprint density at radius 2 is 1.93 bits per heavy atom. The topological polar surface area (TPSA) is 60.2 Å². The quantitative estimate of drug-likeness (QED) is 0.751. The zero-order chi connectivity index (χ0) is 11.5. The van der Waals surface area contributed by atoms with Crippen molar-refractivity contribution in [2.75, 3.05) is 5.75 Å². The van der Waals surface area contributed by atoms with Crippen LogP contribution in [0.15, 0.2) is 11.6 Å². The Hall–Kier alpha value is -0.350. The summed E-state index contributed by atoms with van der Waals surface area (Å²) in [4.78, 5) is 0. The molecule has 88 valence electrons. The molecule has 15 heavy (non-hydrogen) atoms. The molecule has 1 aliphatic carbocycles. The van der Waals surface area contributed by atoms with Gasteiger partial charge < -0.3 is 5.73 Å². The first-order valence-electron chi connectivity index (χ1n) is 5.57. The zero-order valence-electron chi connectivity index (χ0n) is 9.57. The molecule has 1 saturated carbocycles. The first-order valence-corrected chi connectivity index (χ1v) is 7.28. The van der Waals surface area contributed by atoms with Gasteiger partial charge in [-0.2, -0.15) is 0 Å². The summed E-state index contributed by atoms with van der Waals surface area (Å²) in [5.41, 5.74) is 7.05. The third-order valence-electron chi connectivity index (χ3n) is 3.00. The number of nitrogens with two attached hydrogens (primary N) is 1. The van der Waals surface area contributed by atoms with Crippen molar-refractivity contribution in [3.8, 4) is 0 Å². The van der Waals surface area contributed by atoms with Crippen LogP contribution in [0.4, 0.5) is 0 Å². The Morgan fingerprint density at radius 3 is 2.40 bits per heavy atom. The highest BCUT2D eigenvalue weighted by atomic mass is 32.2. The number of allylic oxidation sites excluding steroid dienone is 1. The Balaban J connectivity index is 2.52. The van der Waals surface area contributed by atoms with E-state index in [2.05, 4.69) is 0 Å². The summed E-state index contributed by atoms with van der Waals surface area (Å²) < 4.78 is 23.1. The second-order valence-corrected chi connectivity index (χ2v) is 7.18. The van der Waals surface area contributed by atoms with Gasteiger partial charge in [-0.1, -0.05) is 11.6 Å². The highest BCUT2D eigenvalue weighted by molar-refractivity contribution is 7.92. The predicted molar refractivity (Wildman–Crippen MR) is 63.4 cm³/mol. The van der Waals surface area contributed by atoms with Crippen molar-refractivity contribution in [1.29, 1.82) is 0 Å². The fraction of sp³-hybridized carbons (Fsp3) is 0.818. The van der Waals surface area contributed by atoms with Crippen molar-refractivity contribution >= 4 is 9.84 Å². The standard InChI is InChI=1S/C11H21NO2S/c1-9(2)15(13,14)8-7-10-3-5-11(12)6-4-10/h7,9,11H,3-6,8,12H2,1-2H3. The summed E-state index contributed by atoms with van der Waals surface area (Å²) in [7, 11) is -2.92. The molecule has 0 heterocycles. The van der Waals surface area contributed by atoms with Gasteiger partial charge in [-0.15, -0.1) is 0 Å². The van der Waals surface area contributed by atoms with Gasteiger partial charge in [0.25, 0.3) is 0 Å². The number of hydrogen-bond donors (Lipinski definition) is 1. The lowest BCUT2D eigenvalue weighted by Crippen LogP contribution is -2.23. The van der Waals surface area contributed by atoms with E-state index < -0.39 is 9.84 Å². The van der Waals surface area contributed by atoms with Crippen LogP contribution in [0.2, 0.25) is 0 Å². The Kier molecular flexibility index (Phi) is 4.34. The van der Waals surface area contributed by atoms with Crippen LogP contribution in [0, 0.1) is 0 Å². The van der Waals surface area contributed by atoms with E-state index in [9.17, 15) is 8.42 Å². The second-order valence-electron chi connectivity index (χ2n) is 4.58. The van der Waals surface area contributed by atoms with Gasteiger partial charge in [0, 0.05) is 6.04 Å². The lowest BCUT2D eigenvalue weighted by atomic mass is 9.91. The first kappa shape index (κ1) is 12.7. The molecule has 0 unspecified atom stereocenters. The minimum absolute atomic E-state index is 0.190. The van der Waals surface area contributed by atoms with Crippen molar-refractivity contribution in [3.63, 3.8) is 0 Å². The summed E-state index contributed by atoms with van der Waals surface area (Å²) in [6.07, 6.45) is 5.81. The molecule has 1 aliphatic rings. The highest BCUT2D eigenvalue weighted by Crippen LogP contribution is 2.22. The Labute approximate surface area is 92.7 Å². The summed E-state index contributed by atoms with van der Waals surface area (Å²) >= 11 is 0. The summed E-state index contributed by atoms with van der Waals surface area (Å²) in [6, 6.07) is 0.309. The van der Waals surface area contributed by atoms with Crippen LogP contribution in [0.5, 0.6) is 0 Å². The van der Waals surface area contributed by atoms with Gasteiger partial charge in [-0.3, -0.25) is 0 Å². The molecule has 0 saturated heterocycles. The second kappa shape index (κ2) is 5.12. The van der Waals surface area contributed by atoms with Crippen LogP contribution < -0.4 is 5.73 Å². The van der Waals surface area contributed by atoms with Gasteiger partial charge >= 0.3 is 0 Å².